The average molecular weight is 534 g/mol. The number of rotatable bonds is 8. The first kappa shape index (κ1) is 27.5. The summed E-state index contributed by atoms with van der Waals surface area (Å²) in [5.74, 6) is 0. The molecule has 0 spiro atoms. The first-order chi connectivity index (χ1) is 19.0. The molecule has 39 heavy (non-hydrogen) atoms. The molecule has 4 N–H and O–H groups in total. The van der Waals surface area contributed by atoms with Crippen LogP contribution in [-0.4, -0.2) is 24.5 Å². The van der Waals surface area contributed by atoms with E-state index in [0.29, 0.717) is 18.0 Å². The molecule has 0 aliphatic heterocycles. The van der Waals surface area contributed by atoms with E-state index in [1.165, 1.54) is 22.1 Å². The van der Waals surface area contributed by atoms with Gasteiger partial charge < -0.3 is 16.4 Å². The molecule has 7 heteroatoms. The Bertz CT molecular complexity index is 1590. The van der Waals surface area contributed by atoms with Crippen LogP contribution in [0.4, 0.5) is 5.69 Å². The molecule has 0 saturated carbocycles. The molecule has 1 amide bonds. The van der Waals surface area contributed by atoms with Crippen molar-refractivity contribution in [2.75, 3.05) is 12.8 Å². The van der Waals surface area contributed by atoms with Crippen LogP contribution in [0.1, 0.15) is 23.7 Å². The van der Waals surface area contributed by atoms with Gasteiger partial charge in [0.25, 0.3) is 0 Å². The molecular weight excluding hydrogens is 502 g/mol. The summed E-state index contributed by atoms with van der Waals surface area (Å²) in [6.45, 7) is 2.90. The zero-order valence-corrected chi connectivity index (χ0v) is 22.8. The molecule has 0 radical (unpaired) electrons. The molecule has 5 rings (SSSR count). The van der Waals surface area contributed by atoms with Gasteiger partial charge in [0.2, 0.25) is 6.41 Å². The maximum absolute atomic E-state index is 9.06. The van der Waals surface area contributed by atoms with E-state index in [4.69, 9.17) is 20.8 Å². The summed E-state index contributed by atoms with van der Waals surface area (Å²) >= 11 is 1.67. The maximum Gasteiger partial charge on any atom is 0.206 e. The van der Waals surface area contributed by atoms with Gasteiger partial charge in [-0.2, -0.15) is 5.26 Å². The molecule has 0 bridgehead atoms. The lowest BCUT2D eigenvalue weighted by molar-refractivity contribution is -0.109. The Morgan fingerprint density at radius 1 is 0.974 bits per heavy atom. The largest absolute Gasteiger partial charge is 0.399 e. The standard InChI is InChI=1S/C30H26N4S.C2H5NO/c1-20(13-21-5-7-22(17-31)8-6-21)33-18-29-19-35-30(34-29)27-4-2-3-23(15-27)24-9-10-26-16-28(32)12-11-25(26)14-24;1-3-2-4/h2-12,14-16,19-20,33H,13,18,32H2,1H3;2H,1H3,(H,3,4). The Labute approximate surface area is 233 Å². The van der Waals surface area contributed by atoms with Crippen LogP contribution in [0.3, 0.4) is 0 Å². The molecule has 4 aromatic carbocycles. The first-order valence-electron chi connectivity index (χ1n) is 12.7. The fraction of sp³-hybridized carbons (Fsp3) is 0.156. The van der Waals surface area contributed by atoms with Crippen LogP contribution < -0.4 is 16.4 Å². The van der Waals surface area contributed by atoms with Gasteiger partial charge in [-0.3, -0.25) is 4.79 Å². The van der Waals surface area contributed by atoms with Gasteiger partial charge in [-0.1, -0.05) is 48.5 Å². The van der Waals surface area contributed by atoms with Crippen molar-refractivity contribution in [2.24, 2.45) is 0 Å². The third-order valence-electron chi connectivity index (χ3n) is 6.23. The fourth-order valence-corrected chi connectivity index (χ4v) is 5.03. The molecule has 1 atom stereocenters. The van der Waals surface area contributed by atoms with Gasteiger partial charge in [0.05, 0.1) is 17.3 Å². The number of nitriles is 1. The molecule has 196 valence electrons. The summed E-state index contributed by atoms with van der Waals surface area (Å²) in [6.07, 6.45) is 1.53. The van der Waals surface area contributed by atoms with Crippen LogP contribution in [0.15, 0.2) is 90.3 Å². The van der Waals surface area contributed by atoms with Crippen LogP contribution in [-0.2, 0) is 17.8 Å². The molecule has 0 fully saturated rings. The minimum Gasteiger partial charge on any atom is -0.399 e. The second-order valence-corrected chi connectivity index (χ2v) is 10.1. The molecule has 0 aliphatic carbocycles. The number of fused-ring (bicyclic) bond motifs is 1. The van der Waals surface area contributed by atoms with Gasteiger partial charge in [0.15, 0.2) is 0 Å². The van der Waals surface area contributed by atoms with Crippen molar-refractivity contribution in [3.8, 4) is 27.8 Å². The number of anilines is 1. The lowest BCUT2D eigenvalue weighted by Crippen LogP contribution is -2.27. The molecule has 5 aromatic rings. The SMILES string of the molecule is CC(Cc1ccc(C#N)cc1)NCc1csc(-c2cccc(-c3ccc4cc(N)ccc4c3)c2)n1.CNC=O. The third kappa shape index (κ3) is 7.51. The number of nitrogen functional groups attached to an aromatic ring is 1. The van der Waals surface area contributed by atoms with Gasteiger partial charge in [0, 0.05) is 36.3 Å². The van der Waals surface area contributed by atoms with E-state index in [1.54, 1.807) is 18.4 Å². The molecule has 6 nitrogen and oxygen atoms in total. The molecule has 0 saturated heterocycles. The predicted octanol–water partition coefficient (Wildman–Crippen LogP) is 6.17. The molecule has 0 aliphatic rings. The number of amides is 1. The van der Waals surface area contributed by atoms with Crippen molar-refractivity contribution in [3.63, 3.8) is 0 Å². The highest BCUT2D eigenvalue weighted by molar-refractivity contribution is 7.13. The topological polar surface area (TPSA) is 104 Å². The highest BCUT2D eigenvalue weighted by Gasteiger charge is 2.09. The molecule has 1 aromatic heterocycles. The Morgan fingerprint density at radius 2 is 1.67 bits per heavy atom. The summed E-state index contributed by atoms with van der Waals surface area (Å²) in [6, 6.07) is 31.3. The monoisotopic (exact) mass is 533 g/mol. The Hall–Kier alpha value is -4.51. The number of carbonyl (C=O) groups is 1. The van der Waals surface area contributed by atoms with E-state index >= 15 is 0 Å². The Kier molecular flexibility index (Phi) is 9.41. The van der Waals surface area contributed by atoms with E-state index in [-0.39, 0.29) is 0 Å². The zero-order valence-electron chi connectivity index (χ0n) is 22.0. The third-order valence-corrected chi connectivity index (χ3v) is 7.17. The highest BCUT2D eigenvalue weighted by atomic mass is 32.1. The van der Waals surface area contributed by atoms with Crippen molar-refractivity contribution in [3.05, 3.63) is 107 Å². The summed E-state index contributed by atoms with van der Waals surface area (Å²) in [7, 11) is 1.56. The van der Waals surface area contributed by atoms with E-state index < -0.39 is 0 Å². The quantitative estimate of drug-likeness (QED) is 0.164. The second kappa shape index (κ2) is 13.3. The van der Waals surface area contributed by atoms with Gasteiger partial charge in [-0.15, -0.1) is 11.3 Å². The smallest absolute Gasteiger partial charge is 0.206 e. The number of nitrogens with two attached hydrogens (primary N) is 1. The minimum absolute atomic E-state index is 0.305. The van der Waals surface area contributed by atoms with Crippen LogP contribution in [0, 0.1) is 11.3 Å². The van der Waals surface area contributed by atoms with E-state index in [0.717, 1.165) is 40.3 Å². The van der Waals surface area contributed by atoms with Crippen LogP contribution in [0.2, 0.25) is 0 Å². The fourth-order valence-electron chi connectivity index (χ4n) is 4.22. The first-order valence-corrected chi connectivity index (χ1v) is 13.5. The minimum atomic E-state index is 0.305. The molecule has 1 unspecified atom stereocenters. The lowest BCUT2D eigenvalue weighted by atomic mass is 9.99. The summed E-state index contributed by atoms with van der Waals surface area (Å²) in [4.78, 5) is 13.9. The van der Waals surface area contributed by atoms with Crippen molar-refractivity contribution in [1.29, 1.82) is 5.26 Å². The van der Waals surface area contributed by atoms with Crippen LogP contribution >= 0.6 is 11.3 Å². The number of hydrogen-bond donors (Lipinski definition) is 3. The Morgan fingerprint density at radius 3 is 2.41 bits per heavy atom. The van der Waals surface area contributed by atoms with Gasteiger partial charge in [0.1, 0.15) is 5.01 Å². The van der Waals surface area contributed by atoms with E-state index in [9.17, 15) is 0 Å². The number of thiazole rings is 1. The number of nitrogens with zero attached hydrogens (tertiary/aromatic N) is 2. The highest BCUT2D eigenvalue weighted by Crippen LogP contribution is 2.30. The van der Waals surface area contributed by atoms with Gasteiger partial charge in [-0.05, 0) is 77.2 Å². The maximum atomic E-state index is 9.06. The van der Waals surface area contributed by atoms with Crippen molar-refractivity contribution in [2.45, 2.75) is 25.9 Å². The van der Waals surface area contributed by atoms with E-state index in [1.807, 2.05) is 36.4 Å². The zero-order chi connectivity index (χ0) is 27.6. The number of hydrogen-bond acceptors (Lipinski definition) is 6. The van der Waals surface area contributed by atoms with Crippen LogP contribution in [0.5, 0.6) is 0 Å². The van der Waals surface area contributed by atoms with Crippen molar-refractivity contribution in [1.82, 2.24) is 15.6 Å². The Balaban J connectivity index is 0.000000826. The van der Waals surface area contributed by atoms with Crippen molar-refractivity contribution < 1.29 is 4.79 Å². The summed E-state index contributed by atoms with van der Waals surface area (Å²) in [5, 5.41) is 20.3. The number of aromatic nitrogens is 1. The number of nitrogens with one attached hydrogen (secondary N) is 2. The molecular formula is C32H31N5OS. The number of carbonyl (C=O) groups excluding carboxylic acids is 1. The van der Waals surface area contributed by atoms with Crippen LogP contribution in [0.25, 0.3) is 32.5 Å². The van der Waals surface area contributed by atoms with Gasteiger partial charge >= 0.3 is 0 Å². The average Bonchev–Trinajstić information content (AvgIpc) is 3.46. The van der Waals surface area contributed by atoms with Crippen molar-refractivity contribution >= 4 is 34.2 Å². The summed E-state index contributed by atoms with van der Waals surface area (Å²) < 4.78 is 0. The predicted molar refractivity (Wildman–Crippen MR) is 161 cm³/mol. The van der Waals surface area contributed by atoms with Gasteiger partial charge in [-0.25, -0.2) is 4.98 Å². The van der Waals surface area contributed by atoms with E-state index in [2.05, 4.69) is 77.5 Å². The number of benzene rings is 4. The molecule has 1 heterocycles. The lowest BCUT2D eigenvalue weighted by Gasteiger charge is -2.13. The normalized spacial score (nSPS) is 11.2. The summed E-state index contributed by atoms with van der Waals surface area (Å²) in [5.41, 5.74) is 13.1. The second-order valence-electron chi connectivity index (χ2n) is 9.25.